The summed E-state index contributed by atoms with van der Waals surface area (Å²) in [5.74, 6) is 1.38. The van der Waals surface area contributed by atoms with E-state index in [1.807, 2.05) is 18.2 Å². The van der Waals surface area contributed by atoms with Crippen molar-refractivity contribution in [2.45, 2.75) is 32.4 Å². The molecule has 0 heterocycles. The molecular weight excluding hydrogens is 484 g/mol. The second kappa shape index (κ2) is 14.2. The van der Waals surface area contributed by atoms with Crippen molar-refractivity contribution in [2.75, 3.05) is 27.8 Å². The zero-order valence-corrected chi connectivity index (χ0v) is 19.7. The molecule has 0 fully saturated rings. The summed E-state index contributed by atoms with van der Waals surface area (Å²) in [6.45, 7) is 1.68. The molecule has 160 valence electrons. The quantitative estimate of drug-likeness (QED) is 0.215. The van der Waals surface area contributed by atoms with Crippen LogP contribution in [0.1, 0.15) is 29.5 Å². The van der Waals surface area contributed by atoms with E-state index in [9.17, 15) is 4.39 Å². The van der Waals surface area contributed by atoms with Crippen molar-refractivity contribution in [1.29, 1.82) is 0 Å². The molecule has 0 spiro atoms. The molecule has 2 aromatic rings. The molecule has 0 aliphatic carbocycles. The topological polar surface area (TPSA) is 54.9 Å². The van der Waals surface area contributed by atoms with E-state index in [0.717, 1.165) is 43.1 Å². The molecular formula is C22H31FIN3O2. The average Bonchev–Trinajstić information content (AvgIpc) is 2.72. The minimum absolute atomic E-state index is 0. The van der Waals surface area contributed by atoms with Crippen molar-refractivity contribution in [2.24, 2.45) is 4.99 Å². The number of aliphatic imine (C=N–C) groups is 1. The first-order chi connectivity index (χ1) is 13.7. The van der Waals surface area contributed by atoms with Crippen LogP contribution in [-0.4, -0.2) is 33.8 Å². The van der Waals surface area contributed by atoms with Crippen LogP contribution in [-0.2, 0) is 24.3 Å². The second-order valence-corrected chi connectivity index (χ2v) is 6.52. The molecule has 0 saturated heterocycles. The zero-order valence-electron chi connectivity index (χ0n) is 17.3. The van der Waals surface area contributed by atoms with Crippen LogP contribution < -0.4 is 15.4 Å². The highest BCUT2D eigenvalue weighted by Gasteiger charge is 2.04. The minimum Gasteiger partial charge on any atom is -0.497 e. The van der Waals surface area contributed by atoms with E-state index in [-0.39, 0.29) is 36.4 Å². The van der Waals surface area contributed by atoms with E-state index >= 15 is 0 Å². The molecule has 0 aromatic heterocycles. The Kier molecular flexibility index (Phi) is 12.3. The summed E-state index contributed by atoms with van der Waals surface area (Å²) in [7, 11) is 4.98. The number of ether oxygens (including phenoxy) is 2. The largest absolute Gasteiger partial charge is 0.497 e. The maximum absolute atomic E-state index is 13.7. The maximum Gasteiger partial charge on any atom is 0.191 e. The summed E-state index contributed by atoms with van der Waals surface area (Å²) in [6, 6.07) is 13.2. The fourth-order valence-corrected chi connectivity index (χ4v) is 2.86. The van der Waals surface area contributed by atoms with Gasteiger partial charge in [-0.05, 0) is 54.7 Å². The summed E-state index contributed by atoms with van der Waals surface area (Å²) in [5, 5.41) is 6.57. The van der Waals surface area contributed by atoms with Crippen LogP contribution in [0.4, 0.5) is 4.39 Å². The van der Waals surface area contributed by atoms with E-state index < -0.39 is 0 Å². The van der Waals surface area contributed by atoms with Crippen molar-refractivity contribution < 1.29 is 13.9 Å². The van der Waals surface area contributed by atoms with Gasteiger partial charge < -0.3 is 20.1 Å². The molecule has 2 N–H and O–H groups in total. The molecule has 0 saturated carbocycles. The molecule has 0 atom stereocenters. The second-order valence-electron chi connectivity index (χ2n) is 6.52. The van der Waals surface area contributed by atoms with Gasteiger partial charge in [0.25, 0.3) is 0 Å². The summed E-state index contributed by atoms with van der Waals surface area (Å²) < 4.78 is 23.9. The number of halogens is 2. The molecule has 2 rings (SSSR count). The lowest BCUT2D eigenvalue weighted by molar-refractivity contribution is 0.181. The number of aryl methyl sites for hydroxylation is 1. The van der Waals surface area contributed by atoms with Crippen LogP contribution in [0.25, 0.3) is 0 Å². The molecule has 0 aliphatic heterocycles. The Balaban J connectivity index is 0.00000420. The molecule has 0 unspecified atom stereocenters. The minimum atomic E-state index is -0.245. The molecule has 0 bridgehead atoms. The average molecular weight is 515 g/mol. The highest BCUT2D eigenvalue weighted by atomic mass is 127. The third-order valence-electron chi connectivity index (χ3n) is 4.44. The zero-order chi connectivity index (χ0) is 20.2. The fourth-order valence-electron chi connectivity index (χ4n) is 2.86. The van der Waals surface area contributed by atoms with E-state index in [0.29, 0.717) is 12.1 Å². The van der Waals surface area contributed by atoms with E-state index in [1.54, 1.807) is 27.3 Å². The molecule has 0 aliphatic rings. The highest BCUT2D eigenvalue weighted by molar-refractivity contribution is 14.0. The van der Waals surface area contributed by atoms with Crippen LogP contribution in [0.15, 0.2) is 47.5 Å². The predicted molar refractivity (Wildman–Crippen MR) is 127 cm³/mol. The van der Waals surface area contributed by atoms with Gasteiger partial charge in [-0.3, -0.25) is 4.99 Å². The standard InChI is InChI=1S/C22H30FN3O2.HI/c1-24-22(26-15-18-9-12-21(23)19(14-18)16-27-2)25-13-5-4-6-17-7-10-20(28-3)11-8-17;/h7-12,14H,4-6,13,15-16H2,1-3H3,(H2,24,25,26);1H. The van der Waals surface area contributed by atoms with Crippen molar-refractivity contribution in [3.63, 3.8) is 0 Å². The van der Waals surface area contributed by atoms with Crippen molar-refractivity contribution >= 4 is 29.9 Å². The molecule has 5 nitrogen and oxygen atoms in total. The van der Waals surface area contributed by atoms with E-state index in [4.69, 9.17) is 9.47 Å². The summed E-state index contributed by atoms with van der Waals surface area (Å²) in [4.78, 5) is 4.24. The summed E-state index contributed by atoms with van der Waals surface area (Å²) in [6.07, 6.45) is 3.17. The van der Waals surface area contributed by atoms with Gasteiger partial charge in [-0.15, -0.1) is 24.0 Å². The first kappa shape index (κ1) is 25.2. The first-order valence-electron chi connectivity index (χ1n) is 9.50. The Morgan fingerprint density at radius 3 is 2.38 bits per heavy atom. The van der Waals surface area contributed by atoms with Gasteiger partial charge in [-0.2, -0.15) is 0 Å². The van der Waals surface area contributed by atoms with Gasteiger partial charge in [-0.1, -0.05) is 18.2 Å². The molecule has 0 radical (unpaired) electrons. The first-order valence-corrected chi connectivity index (χ1v) is 9.50. The highest BCUT2D eigenvalue weighted by Crippen LogP contribution is 2.13. The number of hydrogen-bond donors (Lipinski definition) is 2. The molecule has 29 heavy (non-hydrogen) atoms. The van der Waals surface area contributed by atoms with Crippen LogP contribution >= 0.6 is 24.0 Å². The van der Waals surface area contributed by atoms with Gasteiger partial charge in [-0.25, -0.2) is 4.39 Å². The van der Waals surface area contributed by atoms with Crippen molar-refractivity contribution in [1.82, 2.24) is 10.6 Å². The van der Waals surface area contributed by atoms with Crippen LogP contribution in [0, 0.1) is 5.82 Å². The van der Waals surface area contributed by atoms with E-state index in [1.165, 1.54) is 11.6 Å². The van der Waals surface area contributed by atoms with Crippen LogP contribution in [0.3, 0.4) is 0 Å². The molecule has 0 amide bonds. The third-order valence-corrected chi connectivity index (χ3v) is 4.44. The van der Waals surface area contributed by atoms with Gasteiger partial charge in [0.15, 0.2) is 5.96 Å². The number of hydrogen-bond acceptors (Lipinski definition) is 3. The number of guanidine groups is 1. The van der Waals surface area contributed by atoms with Gasteiger partial charge in [0.05, 0.1) is 13.7 Å². The number of methoxy groups -OCH3 is 2. The Morgan fingerprint density at radius 2 is 1.72 bits per heavy atom. The lowest BCUT2D eigenvalue weighted by atomic mass is 10.1. The Morgan fingerprint density at radius 1 is 1.00 bits per heavy atom. The normalized spacial score (nSPS) is 11.0. The van der Waals surface area contributed by atoms with Gasteiger partial charge in [0.2, 0.25) is 0 Å². The Labute approximate surface area is 190 Å². The van der Waals surface area contributed by atoms with Gasteiger partial charge in [0.1, 0.15) is 11.6 Å². The number of benzene rings is 2. The van der Waals surface area contributed by atoms with Gasteiger partial charge in [0, 0.05) is 32.8 Å². The lowest BCUT2D eigenvalue weighted by Crippen LogP contribution is -2.37. The summed E-state index contributed by atoms with van der Waals surface area (Å²) in [5.41, 5.74) is 2.85. The van der Waals surface area contributed by atoms with Gasteiger partial charge >= 0.3 is 0 Å². The monoisotopic (exact) mass is 515 g/mol. The number of unbranched alkanes of at least 4 members (excludes halogenated alkanes) is 1. The predicted octanol–water partition coefficient (Wildman–Crippen LogP) is 4.29. The number of nitrogens with zero attached hydrogens (tertiary/aromatic N) is 1. The Bertz CT molecular complexity index is 754. The summed E-state index contributed by atoms with van der Waals surface area (Å²) >= 11 is 0. The number of nitrogens with one attached hydrogen (secondary N) is 2. The smallest absolute Gasteiger partial charge is 0.191 e. The SMILES string of the molecule is CN=C(NCCCCc1ccc(OC)cc1)NCc1ccc(F)c(COC)c1.I. The van der Waals surface area contributed by atoms with Crippen LogP contribution in [0.5, 0.6) is 5.75 Å². The van der Waals surface area contributed by atoms with Crippen molar-refractivity contribution in [3.05, 3.63) is 65.0 Å². The fraction of sp³-hybridized carbons (Fsp3) is 0.409. The van der Waals surface area contributed by atoms with Crippen LogP contribution in [0.2, 0.25) is 0 Å². The lowest BCUT2D eigenvalue weighted by Gasteiger charge is -2.13. The Hall–Kier alpha value is -1.87. The third kappa shape index (κ3) is 8.99. The number of rotatable bonds is 10. The molecule has 2 aromatic carbocycles. The van der Waals surface area contributed by atoms with E-state index in [2.05, 4.69) is 27.8 Å². The van der Waals surface area contributed by atoms with Crippen molar-refractivity contribution in [3.8, 4) is 5.75 Å². The molecule has 7 heteroatoms. The maximum atomic E-state index is 13.7.